The quantitative estimate of drug-likeness (QED) is 0.401. The summed E-state index contributed by atoms with van der Waals surface area (Å²) in [7, 11) is -0.728. The van der Waals surface area contributed by atoms with E-state index in [-0.39, 0.29) is 16.9 Å². The van der Waals surface area contributed by atoms with Crippen molar-refractivity contribution in [1.29, 1.82) is 0 Å². The maximum Gasteiger partial charge on any atom is 0.316 e. The van der Waals surface area contributed by atoms with Crippen molar-refractivity contribution in [3.8, 4) is 0 Å². The van der Waals surface area contributed by atoms with E-state index in [0.717, 1.165) is 33.7 Å². The van der Waals surface area contributed by atoms with Crippen LogP contribution in [0.5, 0.6) is 0 Å². The van der Waals surface area contributed by atoms with Gasteiger partial charge in [-0.1, -0.05) is 29.2 Å². The molecule has 0 aliphatic rings. The van der Waals surface area contributed by atoms with E-state index in [1.54, 1.807) is 25.1 Å². The molecule has 1 aromatic heterocycles. The van der Waals surface area contributed by atoms with Crippen LogP contribution in [0, 0.1) is 6.92 Å². The number of hydrogen-bond acceptors (Lipinski definition) is 9. The third-order valence-corrected chi connectivity index (χ3v) is 6.69. The van der Waals surface area contributed by atoms with Crippen molar-refractivity contribution in [3.05, 3.63) is 29.3 Å². The average molecular weight is 431 g/mol. The van der Waals surface area contributed by atoms with Crippen molar-refractivity contribution in [2.45, 2.75) is 11.3 Å². The summed E-state index contributed by atoms with van der Waals surface area (Å²) in [6.07, 6.45) is 1.09. The molecule has 146 valence electrons. The lowest BCUT2D eigenvalue weighted by Gasteiger charge is -2.20. The Balaban J connectivity index is 2.15. The van der Waals surface area contributed by atoms with Gasteiger partial charge in [-0.15, -0.1) is 10.2 Å². The first-order chi connectivity index (χ1) is 12.6. The summed E-state index contributed by atoms with van der Waals surface area (Å²) in [6.45, 7) is 1.67. The van der Waals surface area contributed by atoms with E-state index in [0.29, 0.717) is 21.2 Å². The number of nitrogens with zero attached hydrogens (tertiary/aromatic N) is 3. The minimum atomic E-state index is -3.45. The van der Waals surface area contributed by atoms with E-state index in [2.05, 4.69) is 20.3 Å². The van der Waals surface area contributed by atoms with Crippen molar-refractivity contribution in [3.63, 3.8) is 0 Å². The van der Waals surface area contributed by atoms with Crippen molar-refractivity contribution in [2.24, 2.45) is 0 Å². The van der Waals surface area contributed by atoms with Crippen LogP contribution in [0.25, 0.3) is 0 Å². The Bertz CT molecular complexity index is 958. The number of rotatable bonds is 7. The van der Waals surface area contributed by atoms with Crippen molar-refractivity contribution in [2.75, 3.05) is 35.8 Å². The van der Waals surface area contributed by atoms with E-state index in [4.69, 9.17) is 0 Å². The largest absolute Gasteiger partial charge is 0.468 e. The highest BCUT2D eigenvalue weighted by Gasteiger charge is 2.19. The number of carbonyl (C=O) groups excluding carboxylic acids is 2. The number of esters is 1. The number of anilines is 2. The first-order valence-corrected chi connectivity index (χ1v) is 11.2. The number of sulfonamides is 1. The van der Waals surface area contributed by atoms with Crippen LogP contribution in [-0.4, -0.2) is 56.7 Å². The zero-order chi connectivity index (χ0) is 20.2. The van der Waals surface area contributed by atoms with Gasteiger partial charge in [-0.2, -0.15) is 0 Å². The minimum absolute atomic E-state index is 0.0953. The van der Waals surface area contributed by atoms with Crippen LogP contribution in [0.1, 0.15) is 15.9 Å². The van der Waals surface area contributed by atoms with E-state index >= 15 is 0 Å². The van der Waals surface area contributed by atoms with Gasteiger partial charge in [0, 0.05) is 12.6 Å². The van der Waals surface area contributed by atoms with Crippen LogP contribution < -0.4 is 9.62 Å². The van der Waals surface area contributed by atoms with Gasteiger partial charge in [-0.25, -0.2) is 8.42 Å². The van der Waals surface area contributed by atoms with Crippen molar-refractivity contribution >= 4 is 55.8 Å². The maximum atomic E-state index is 12.6. The van der Waals surface area contributed by atoms with E-state index in [9.17, 15) is 18.0 Å². The summed E-state index contributed by atoms with van der Waals surface area (Å²) in [5, 5.41) is 10.7. The molecule has 0 atom stereocenters. The molecule has 2 aromatic rings. The van der Waals surface area contributed by atoms with Gasteiger partial charge in [0.15, 0.2) is 4.34 Å². The van der Waals surface area contributed by atoms with Crippen molar-refractivity contribution in [1.82, 2.24) is 10.2 Å². The first kappa shape index (κ1) is 21.1. The summed E-state index contributed by atoms with van der Waals surface area (Å²) in [5.74, 6) is -0.724. The third kappa shape index (κ3) is 5.40. The third-order valence-electron chi connectivity index (χ3n) is 3.55. The smallest absolute Gasteiger partial charge is 0.316 e. The highest BCUT2D eigenvalue weighted by Crippen LogP contribution is 2.28. The Morgan fingerprint density at radius 1 is 1.33 bits per heavy atom. The molecule has 2 rings (SSSR count). The lowest BCUT2D eigenvalue weighted by Crippen LogP contribution is -2.26. The predicted octanol–water partition coefficient (Wildman–Crippen LogP) is 1.76. The van der Waals surface area contributed by atoms with Gasteiger partial charge in [0.1, 0.15) is 0 Å². The highest BCUT2D eigenvalue weighted by molar-refractivity contribution is 8.01. The molecule has 0 aliphatic carbocycles. The molecule has 0 saturated heterocycles. The molecule has 1 heterocycles. The Kier molecular flexibility index (Phi) is 6.78. The second kappa shape index (κ2) is 8.67. The standard InChI is InChI=1S/C15H18N4O5S3/c1-9-10(6-5-7-11(9)19(2)27(4,22)23)13(21)16-14-17-18-15(26-14)25-8-12(20)24-3/h5-7H,8H2,1-4H3,(H,16,17,21). The van der Waals surface area contributed by atoms with Crippen LogP contribution >= 0.6 is 23.1 Å². The fourth-order valence-electron chi connectivity index (χ4n) is 2.05. The fourth-order valence-corrected chi connectivity index (χ4v) is 4.19. The summed E-state index contributed by atoms with van der Waals surface area (Å²) >= 11 is 2.28. The fraction of sp³-hybridized carbons (Fsp3) is 0.333. The van der Waals surface area contributed by atoms with E-state index in [1.807, 2.05) is 0 Å². The number of methoxy groups -OCH3 is 1. The molecule has 1 N–H and O–H groups in total. The molecule has 1 aromatic carbocycles. The summed E-state index contributed by atoms with van der Waals surface area (Å²) in [6, 6.07) is 4.83. The molecule has 0 saturated carbocycles. The van der Waals surface area contributed by atoms with Gasteiger partial charge >= 0.3 is 5.97 Å². The maximum absolute atomic E-state index is 12.6. The predicted molar refractivity (Wildman–Crippen MR) is 105 cm³/mol. The van der Waals surface area contributed by atoms with Crippen LogP contribution in [0.3, 0.4) is 0 Å². The monoisotopic (exact) mass is 430 g/mol. The topological polar surface area (TPSA) is 119 Å². The molecule has 12 heteroatoms. The van der Waals surface area contributed by atoms with Gasteiger partial charge in [0.05, 0.1) is 24.8 Å². The van der Waals surface area contributed by atoms with Gasteiger partial charge in [-0.3, -0.25) is 19.2 Å². The Morgan fingerprint density at radius 2 is 2.04 bits per heavy atom. The lowest BCUT2D eigenvalue weighted by atomic mass is 10.1. The number of thioether (sulfide) groups is 1. The first-order valence-electron chi connectivity index (χ1n) is 7.51. The molecule has 0 unspecified atom stereocenters. The molecular weight excluding hydrogens is 412 g/mol. The number of benzene rings is 1. The SMILES string of the molecule is COC(=O)CSc1nnc(NC(=O)c2cccc(N(C)S(C)(=O)=O)c2C)s1. The number of aromatic nitrogens is 2. The molecule has 0 fully saturated rings. The van der Waals surface area contributed by atoms with E-state index < -0.39 is 15.9 Å². The Morgan fingerprint density at radius 3 is 2.67 bits per heavy atom. The molecule has 1 amide bonds. The van der Waals surface area contributed by atoms with Crippen molar-refractivity contribution < 1.29 is 22.7 Å². The van der Waals surface area contributed by atoms with Gasteiger partial charge in [0.25, 0.3) is 5.91 Å². The zero-order valence-corrected chi connectivity index (χ0v) is 17.5. The number of nitrogens with one attached hydrogen (secondary N) is 1. The lowest BCUT2D eigenvalue weighted by molar-refractivity contribution is -0.137. The second-order valence-corrected chi connectivity index (χ2v) is 9.59. The number of amides is 1. The van der Waals surface area contributed by atoms with Crippen LogP contribution in [0.15, 0.2) is 22.5 Å². The summed E-state index contributed by atoms with van der Waals surface area (Å²) in [4.78, 5) is 23.7. The Hall–Kier alpha value is -2.18. The average Bonchev–Trinajstić information content (AvgIpc) is 3.05. The van der Waals surface area contributed by atoms with Crippen LogP contribution in [-0.2, 0) is 19.6 Å². The normalized spacial score (nSPS) is 11.1. The summed E-state index contributed by atoms with van der Waals surface area (Å²) in [5.41, 5.74) is 1.26. The van der Waals surface area contributed by atoms with Gasteiger partial charge in [-0.05, 0) is 24.6 Å². The number of ether oxygens (including phenoxy) is 1. The molecule has 9 nitrogen and oxygen atoms in total. The highest BCUT2D eigenvalue weighted by atomic mass is 32.2. The van der Waals surface area contributed by atoms with Gasteiger partial charge in [0.2, 0.25) is 15.2 Å². The molecule has 27 heavy (non-hydrogen) atoms. The van der Waals surface area contributed by atoms with Gasteiger partial charge < -0.3 is 4.74 Å². The zero-order valence-electron chi connectivity index (χ0n) is 15.0. The molecule has 0 aliphatic heterocycles. The summed E-state index contributed by atoms with van der Waals surface area (Å²) < 4.78 is 29.7. The molecule has 0 bridgehead atoms. The van der Waals surface area contributed by atoms with Crippen LogP contribution in [0.4, 0.5) is 10.8 Å². The molecule has 0 radical (unpaired) electrons. The number of hydrogen-bond donors (Lipinski definition) is 1. The van der Waals surface area contributed by atoms with Crippen LogP contribution in [0.2, 0.25) is 0 Å². The molecular formula is C15H18N4O5S3. The van der Waals surface area contributed by atoms with E-state index in [1.165, 1.54) is 14.2 Å². The Labute approximate surface area is 165 Å². The second-order valence-electron chi connectivity index (χ2n) is 5.37. The minimum Gasteiger partial charge on any atom is -0.468 e. The molecule has 0 spiro atoms. The number of carbonyl (C=O) groups is 2.